The van der Waals surface area contributed by atoms with Gasteiger partial charge in [0.25, 0.3) is 5.56 Å². The highest BCUT2D eigenvalue weighted by Crippen LogP contribution is 2.23. The lowest BCUT2D eigenvalue weighted by Crippen LogP contribution is -2.25. The van der Waals surface area contributed by atoms with Crippen molar-refractivity contribution < 1.29 is 8.42 Å². The van der Waals surface area contributed by atoms with Crippen LogP contribution >= 0.6 is 11.8 Å². The predicted molar refractivity (Wildman–Crippen MR) is 120 cm³/mol. The summed E-state index contributed by atoms with van der Waals surface area (Å²) in [5.74, 6) is 0.608. The van der Waals surface area contributed by atoms with Gasteiger partial charge in [0.05, 0.1) is 22.3 Å². The molecule has 0 spiro atoms. The number of benzene rings is 2. The van der Waals surface area contributed by atoms with Crippen LogP contribution in [0.4, 0.5) is 0 Å². The van der Waals surface area contributed by atoms with Crippen LogP contribution in [0, 0.1) is 13.8 Å². The Labute approximate surface area is 175 Å². The molecule has 0 fully saturated rings. The summed E-state index contributed by atoms with van der Waals surface area (Å²) in [6, 6.07) is 13.3. The number of rotatable bonds is 7. The van der Waals surface area contributed by atoms with E-state index >= 15 is 0 Å². The number of hydrogen-bond donors (Lipinski definition) is 0. The number of nitrogens with zero attached hydrogens (tertiary/aromatic N) is 3. The Morgan fingerprint density at radius 1 is 1.07 bits per heavy atom. The molecule has 0 saturated heterocycles. The standard InChI is InChI=1S/C21H25N3O3S2/c1-15-12-16(2)14-17(13-15)24-20(25)18-8-5-6-9-19(18)22-21(24)28-10-7-11-29(26,27)23(3)4/h5-6,8-9,12-14H,7,10-11H2,1-4H3. The van der Waals surface area contributed by atoms with Gasteiger partial charge in [-0.05, 0) is 55.7 Å². The van der Waals surface area contributed by atoms with Crippen LogP contribution < -0.4 is 5.56 Å². The SMILES string of the molecule is Cc1cc(C)cc(-n2c(SCCCS(=O)(=O)N(C)C)nc3ccccc3c2=O)c1. The summed E-state index contributed by atoms with van der Waals surface area (Å²) in [7, 11) is -0.172. The number of aromatic nitrogens is 2. The van der Waals surface area contributed by atoms with Crippen LogP contribution in [0.3, 0.4) is 0 Å². The van der Waals surface area contributed by atoms with Gasteiger partial charge in [-0.1, -0.05) is 30.0 Å². The van der Waals surface area contributed by atoms with E-state index in [4.69, 9.17) is 4.98 Å². The molecule has 1 heterocycles. The maximum atomic E-state index is 13.3. The molecule has 0 aliphatic heterocycles. The molecular formula is C21H25N3O3S2. The van der Waals surface area contributed by atoms with Crippen LogP contribution in [-0.2, 0) is 10.0 Å². The molecule has 3 aromatic rings. The zero-order chi connectivity index (χ0) is 21.2. The topological polar surface area (TPSA) is 72.3 Å². The smallest absolute Gasteiger partial charge is 0.266 e. The van der Waals surface area contributed by atoms with Crippen molar-refractivity contribution in [2.45, 2.75) is 25.4 Å². The van der Waals surface area contributed by atoms with Gasteiger partial charge in [0, 0.05) is 19.8 Å². The van der Waals surface area contributed by atoms with Crippen LogP contribution in [0.1, 0.15) is 17.5 Å². The minimum atomic E-state index is -3.24. The molecule has 2 aromatic carbocycles. The van der Waals surface area contributed by atoms with Gasteiger partial charge < -0.3 is 0 Å². The van der Waals surface area contributed by atoms with Gasteiger partial charge in [-0.15, -0.1) is 0 Å². The molecule has 0 radical (unpaired) electrons. The van der Waals surface area contributed by atoms with Gasteiger partial charge >= 0.3 is 0 Å². The van der Waals surface area contributed by atoms with Crippen molar-refractivity contribution in [3.05, 3.63) is 63.9 Å². The largest absolute Gasteiger partial charge is 0.268 e. The first kappa shape index (κ1) is 21.5. The van der Waals surface area contributed by atoms with E-state index in [9.17, 15) is 13.2 Å². The third-order valence-corrected chi connectivity index (χ3v) is 7.49. The van der Waals surface area contributed by atoms with Crippen LogP contribution in [-0.4, -0.2) is 47.9 Å². The van der Waals surface area contributed by atoms with E-state index < -0.39 is 10.0 Å². The fourth-order valence-electron chi connectivity index (χ4n) is 3.10. The van der Waals surface area contributed by atoms with Gasteiger partial charge in [0.2, 0.25) is 10.0 Å². The lowest BCUT2D eigenvalue weighted by atomic mass is 10.1. The Balaban J connectivity index is 2.00. The minimum Gasteiger partial charge on any atom is -0.268 e. The molecule has 6 nitrogen and oxygen atoms in total. The second-order valence-electron chi connectivity index (χ2n) is 7.20. The molecule has 0 amide bonds. The maximum Gasteiger partial charge on any atom is 0.266 e. The molecule has 0 saturated carbocycles. The van der Waals surface area contributed by atoms with E-state index in [-0.39, 0.29) is 11.3 Å². The predicted octanol–water partition coefficient (Wildman–Crippen LogP) is 3.38. The Hall–Kier alpha value is -2.16. The van der Waals surface area contributed by atoms with Gasteiger partial charge in [-0.25, -0.2) is 17.7 Å². The van der Waals surface area contributed by atoms with Crippen molar-refractivity contribution in [2.75, 3.05) is 25.6 Å². The third kappa shape index (κ3) is 4.88. The van der Waals surface area contributed by atoms with Crippen LogP contribution in [0.25, 0.3) is 16.6 Å². The number of hydrogen-bond acceptors (Lipinski definition) is 5. The number of aryl methyl sites for hydroxylation is 2. The Morgan fingerprint density at radius 2 is 1.72 bits per heavy atom. The molecule has 0 unspecified atom stereocenters. The van der Waals surface area contributed by atoms with E-state index in [0.29, 0.717) is 28.2 Å². The molecular weight excluding hydrogens is 406 g/mol. The molecule has 0 atom stereocenters. The van der Waals surface area contributed by atoms with Crippen LogP contribution in [0.15, 0.2) is 52.4 Å². The summed E-state index contributed by atoms with van der Waals surface area (Å²) in [5.41, 5.74) is 3.42. The van der Waals surface area contributed by atoms with Crippen molar-refractivity contribution in [2.24, 2.45) is 0 Å². The number of para-hydroxylation sites is 1. The average Bonchev–Trinajstić information content (AvgIpc) is 2.64. The number of sulfonamides is 1. The molecule has 0 aliphatic rings. The molecule has 0 bridgehead atoms. The summed E-state index contributed by atoms with van der Waals surface area (Å²) in [5, 5.41) is 1.13. The Morgan fingerprint density at radius 3 is 2.38 bits per heavy atom. The first-order valence-corrected chi connectivity index (χ1v) is 11.9. The molecule has 0 aliphatic carbocycles. The zero-order valence-corrected chi connectivity index (χ0v) is 18.7. The van der Waals surface area contributed by atoms with Crippen molar-refractivity contribution in [3.63, 3.8) is 0 Å². The van der Waals surface area contributed by atoms with Crippen molar-refractivity contribution in [1.82, 2.24) is 13.9 Å². The highest BCUT2D eigenvalue weighted by molar-refractivity contribution is 7.99. The van der Waals surface area contributed by atoms with Gasteiger partial charge in [0.1, 0.15) is 0 Å². The summed E-state index contributed by atoms with van der Waals surface area (Å²) in [6.45, 7) is 3.99. The van der Waals surface area contributed by atoms with Crippen LogP contribution in [0.2, 0.25) is 0 Å². The second kappa shape index (κ2) is 8.69. The third-order valence-electron chi connectivity index (χ3n) is 4.54. The normalized spacial score (nSPS) is 12.0. The van der Waals surface area contributed by atoms with E-state index in [1.165, 1.54) is 30.2 Å². The van der Waals surface area contributed by atoms with Crippen molar-refractivity contribution in [1.29, 1.82) is 0 Å². The van der Waals surface area contributed by atoms with Crippen molar-refractivity contribution >= 4 is 32.7 Å². The van der Waals surface area contributed by atoms with E-state index in [1.54, 1.807) is 10.6 Å². The Bertz CT molecular complexity index is 1180. The fourth-order valence-corrected chi connectivity index (χ4v) is 5.11. The molecule has 3 rings (SSSR count). The molecule has 0 N–H and O–H groups in total. The number of fused-ring (bicyclic) bond motifs is 1. The molecule has 154 valence electrons. The van der Waals surface area contributed by atoms with Gasteiger partial charge in [-0.2, -0.15) is 0 Å². The summed E-state index contributed by atoms with van der Waals surface area (Å²) in [6.07, 6.45) is 0.473. The molecule has 8 heteroatoms. The summed E-state index contributed by atoms with van der Waals surface area (Å²) >= 11 is 1.40. The second-order valence-corrected chi connectivity index (χ2v) is 10.6. The monoisotopic (exact) mass is 431 g/mol. The van der Waals surface area contributed by atoms with E-state index in [2.05, 4.69) is 6.07 Å². The first-order chi connectivity index (χ1) is 13.7. The minimum absolute atomic E-state index is 0.0639. The quantitative estimate of drug-likeness (QED) is 0.326. The lowest BCUT2D eigenvalue weighted by molar-refractivity contribution is 0.520. The zero-order valence-electron chi connectivity index (χ0n) is 17.0. The van der Waals surface area contributed by atoms with Gasteiger partial charge in [0.15, 0.2) is 5.16 Å². The highest BCUT2D eigenvalue weighted by atomic mass is 32.2. The van der Waals surface area contributed by atoms with E-state index in [1.807, 2.05) is 44.2 Å². The summed E-state index contributed by atoms with van der Waals surface area (Å²) < 4.78 is 26.8. The molecule has 29 heavy (non-hydrogen) atoms. The van der Waals surface area contributed by atoms with Crippen LogP contribution in [0.5, 0.6) is 0 Å². The average molecular weight is 432 g/mol. The van der Waals surface area contributed by atoms with Crippen molar-refractivity contribution in [3.8, 4) is 5.69 Å². The van der Waals surface area contributed by atoms with E-state index in [0.717, 1.165) is 16.8 Å². The Kier molecular flexibility index (Phi) is 6.45. The lowest BCUT2D eigenvalue weighted by Gasteiger charge is -2.15. The van der Waals surface area contributed by atoms with Gasteiger partial charge in [-0.3, -0.25) is 9.36 Å². The first-order valence-electron chi connectivity index (χ1n) is 9.32. The summed E-state index contributed by atoms with van der Waals surface area (Å²) in [4.78, 5) is 18.0. The highest BCUT2D eigenvalue weighted by Gasteiger charge is 2.16. The molecule has 1 aromatic heterocycles. The maximum absolute atomic E-state index is 13.3. The fraction of sp³-hybridized carbons (Fsp3) is 0.333. The number of thioether (sulfide) groups is 1.